The molecule has 0 aliphatic rings. The highest BCUT2D eigenvalue weighted by Crippen LogP contribution is 2.23. The van der Waals surface area contributed by atoms with Crippen LogP contribution in [-0.4, -0.2) is 9.38 Å². The summed E-state index contributed by atoms with van der Waals surface area (Å²) in [5, 5.41) is 13.2. The van der Waals surface area contributed by atoms with Gasteiger partial charge in [-0.15, -0.1) is 0 Å². The van der Waals surface area contributed by atoms with Crippen molar-refractivity contribution in [1.82, 2.24) is 9.38 Å². The summed E-state index contributed by atoms with van der Waals surface area (Å²) in [6.07, 6.45) is 3.72. The molecule has 0 bridgehead atoms. The van der Waals surface area contributed by atoms with Gasteiger partial charge < -0.3 is 9.72 Å². The standard InChI is InChI=1S/C15H10Cl2N4/c16-11-2-4-15-20-12(9-21(15)8-11)7-19-14-3-1-10(6-18)5-13(14)17/h1-5,8-9,19H,7H2. The highest BCUT2D eigenvalue weighted by molar-refractivity contribution is 6.33. The molecule has 2 heterocycles. The van der Waals surface area contributed by atoms with Gasteiger partial charge in [0.1, 0.15) is 5.65 Å². The van der Waals surface area contributed by atoms with Crippen LogP contribution in [0, 0.1) is 11.3 Å². The van der Waals surface area contributed by atoms with Crippen molar-refractivity contribution in [2.45, 2.75) is 6.54 Å². The Bertz CT molecular complexity index is 848. The van der Waals surface area contributed by atoms with Gasteiger partial charge in [0.2, 0.25) is 0 Å². The van der Waals surface area contributed by atoms with E-state index in [1.165, 1.54) is 0 Å². The first-order chi connectivity index (χ1) is 10.2. The van der Waals surface area contributed by atoms with E-state index in [2.05, 4.69) is 16.4 Å². The predicted octanol–water partition coefficient (Wildman–Crippen LogP) is 4.12. The highest BCUT2D eigenvalue weighted by Gasteiger charge is 2.05. The van der Waals surface area contributed by atoms with Crippen LogP contribution >= 0.6 is 23.2 Å². The van der Waals surface area contributed by atoms with Crippen molar-refractivity contribution in [3.63, 3.8) is 0 Å². The Morgan fingerprint density at radius 3 is 2.81 bits per heavy atom. The number of halogens is 2. The van der Waals surface area contributed by atoms with E-state index in [0.29, 0.717) is 22.2 Å². The van der Waals surface area contributed by atoms with Gasteiger partial charge in [-0.2, -0.15) is 5.26 Å². The maximum absolute atomic E-state index is 8.81. The summed E-state index contributed by atoms with van der Waals surface area (Å²) in [4.78, 5) is 4.48. The number of fused-ring (bicyclic) bond motifs is 1. The number of nitrogens with one attached hydrogen (secondary N) is 1. The van der Waals surface area contributed by atoms with Gasteiger partial charge >= 0.3 is 0 Å². The third kappa shape index (κ3) is 2.94. The van der Waals surface area contributed by atoms with Crippen molar-refractivity contribution in [3.8, 4) is 6.07 Å². The molecule has 3 aromatic rings. The zero-order chi connectivity index (χ0) is 14.8. The molecule has 0 saturated heterocycles. The number of pyridine rings is 1. The summed E-state index contributed by atoms with van der Waals surface area (Å²) in [5.41, 5.74) is 3.01. The molecular weight excluding hydrogens is 307 g/mol. The number of imidazole rings is 1. The molecule has 2 aromatic heterocycles. The Labute approximate surface area is 131 Å². The van der Waals surface area contributed by atoms with Gasteiger partial charge in [0, 0.05) is 12.4 Å². The van der Waals surface area contributed by atoms with Crippen molar-refractivity contribution in [1.29, 1.82) is 5.26 Å². The maximum Gasteiger partial charge on any atom is 0.137 e. The smallest absolute Gasteiger partial charge is 0.137 e. The lowest BCUT2D eigenvalue weighted by atomic mass is 10.2. The Morgan fingerprint density at radius 2 is 2.05 bits per heavy atom. The lowest BCUT2D eigenvalue weighted by Crippen LogP contribution is -2.00. The van der Waals surface area contributed by atoms with Crippen LogP contribution in [0.3, 0.4) is 0 Å². The summed E-state index contributed by atoms with van der Waals surface area (Å²) >= 11 is 12.1. The van der Waals surface area contributed by atoms with Gasteiger partial charge in [0.15, 0.2) is 0 Å². The average molecular weight is 317 g/mol. The molecule has 0 aliphatic carbocycles. The third-order valence-electron chi connectivity index (χ3n) is 3.02. The highest BCUT2D eigenvalue weighted by atomic mass is 35.5. The van der Waals surface area contributed by atoms with Crippen LogP contribution in [0.4, 0.5) is 5.69 Å². The van der Waals surface area contributed by atoms with E-state index in [9.17, 15) is 0 Å². The molecule has 1 aromatic carbocycles. The van der Waals surface area contributed by atoms with Crippen molar-refractivity contribution in [2.24, 2.45) is 0 Å². The molecule has 0 radical (unpaired) electrons. The number of aromatic nitrogens is 2. The van der Waals surface area contributed by atoms with Crippen LogP contribution < -0.4 is 5.32 Å². The van der Waals surface area contributed by atoms with Gasteiger partial charge in [-0.1, -0.05) is 23.2 Å². The van der Waals surface area contributed by atoms with Gasteiger partial charge in [-0.3, -0.25) is 0 Å². The molecule has 1 N–H and O–H groups in total. The number of anilines is 1. The molecule has 0 saturated carbocycles. The molecule has 0 atom stereocenters. The number of nitrogens with zero attached hydrogens (tertiary/aromatic N) is 3. The molecule has 3 rings (SSSR count). The van der Waals surface area contributed by atoms with Gasteiger partial charge in [0.05, 0.1) is 39.6 Å². The van der Waals surface area contributed by atoms with Crippen LogP contribution in [0.5, 0.6) is 0 Å². The molecule has 4 nitrogen and oxygen atoms in total. The summed E-state index contributed by atoms with van der Waals surface area (Å²) in [6.45, 7) is 0.533. The molecule has 0 aliphatic heterocycles. The SMILES string of the molecule is N#Cc1ccc(NCc2cn3cc(Cl)ccc3n2)c(Cl)c1. The second kappa shape index (κ2) is 5.65. The van der Waals surface area contributed by atoms with Crippen LogP contribution in [0.1, 0.15) is 11.3 Å². The number of nitriles is 1. The van der Waals surface area contributed by atoms with Crippen LogP contribution in [0.2, 0.25) is 10.0 Å². The first-order valence-corrected chi connectivity index (χ1v) is 6.98. The zero-order valence-electron chi connectivity index (χ0n) is 10.8. The summed E-state index contributed by atoms with van der Waals surface area (Å²) in [6, 6.07) is 10.9. The maximum atomic E-state index is 8.81. The Morgan fingerprint density at radius 1 is 1.19 bits per heavy atom. The van der Waals surface area contributed by atoms with E-state index in [1.807, 2.05) is 22.9 Å². The monoisotopic (exact) mass is 316 g/mol. The number of hydrogen-bond acceptors (Lipinski definition) is 3. The molecular formula is C15H10Cl2N4. The third-order valence-corrected chi connectivity index (χ3v) is 3.56. The zero-order valence-corrected chi connectivity index (χ0v) is 12.4. The summed E-state index contributed by atoms with van der Waals surface area (Å²) in [7, 11) is 0. The quantitative estimate of drug-likeness (QED) is 0.790. The molecule has 104 valence electrons. The Hall–Kier alpha value is -2.22. The van der Waals surface area contributed by atoms with Gasteiger partial charge in [-0.05, 0) is 30.3 Å². The summed E-state index contributed by atoms with van der Waals surface area (Å²) < 4.78 is 1.87. The van der Waals surface area contributed by atoms with Crippen LogP contribution in [0.25, 0.3) is 5.65 Å². The predicted molar refractivity (Wildman–Crippen MR) is 83.7 cm³/mol. The minimum Gasteiger partial charge on any atom is -0.378 e. The lowest BCUT2D eigenvalue weighted by molar-refractivity contribution is 1.08. The van der Waals surface area contributed by atoms with Crippen molar-refractivity contribution >= 4 is 34.5 Å². The van der Waals surface area contributed by atoms with Gasteiger partial charge in [0.25, 0.3) is 0 Å². The lowest BCUT2D eigenvalue weighted by Gasteiger charge is -2.06. The molecule has 0 spiro atoms. The van der Waals surface area contributed by atoms with E-state index in [0.717, 1.165) is 17.0 Å². The average Bonchev–Trinajstić information content (AvgIpc) is 2.87. The molecule has 21 heavy (non-hydrogen) atoms. The fraction of sp³-hybridized carbons (Fsp3) is 0.0667. The fourth-order valence-corrected chi connectivity index (χ4v) is 2.43. The molecule has 0 amide bonds. The molecule has 0 fully saturated rings. The first kappa shape index (κ1) is 13.7. The fourth-order valence-electron chi connectivity index (χ4n) is 2.02. The van der Waals surface area contributed by atoms with E-state index in [-0.39, 0.29) is 0 Å². The molecule has 0 unspecified atom stereocenters. The second-order valence-corrected chi connectivity index (χ2v) is 5.35. The minimum atomic E-state index is 0.515. The van der Waals surface area contributed by atoms with E-state index < -0.39 is 0 Å². The number of hydrogen-bond donors (Lipinski definition) is 1. The topological polar surface area (TPSA) is 53.1 Å². The largest absolute Gasteiger partial charge is 0.378 e. The minimum absolute atomic E-state index is 0.515. The van der Waals surface area contributed by atoms with Crippen molar-refractivity contribution in [3.05, 3.63) is 64.0 Å². The van der Waals surface area contributed by atoms with Crippen LogP contribution in [0.15, 0.2) is 42.7 Å². The first-order valence-electron chi connectivity index (χ1n) is 6.22. The van der Waals surface area contributed by atoms with E-state index in [4.69, 9.17) is 28.5 Å². The second-order valence-electron chi connectivity index (χ2n) is 4.51. The Balaban J connectivity index is 1.78. The summed E-state index contributed by atoms with van der Waals surface area (Å²) in [5.74, 6) is 0. The van der Waals surface area contributed by atoms with Crippen molar-refractivity contribution < 1.29 is 0 Å². The van der Waals surface area contributed by atoms with E-state index >= 15 is 0 Å². The normalized spacial score (nSPS) is 10.5. The number of benzene rings is 1. The Kier molecular flexibility index (Phi) is 3.70. The number of rotatable bonds is 3. The van der Waals surface area contributed by atoms with Gasteiger partial charge in [-0.25, -0.2) is 4.98 Å². The molecule has 6 heteroatoms. The van der Waals surface area contributed by atoms with Crippen molar-refractivity contribution in [2.75, 3.05) is 5.32 Å². The van der Waals surface area contributed by atoms with E-state index in [1.54, 1.807) is 24.3 Å². The van der Waals surface area contributed by atoms with Crippen LogP contribution in [-0.2, 0) is 6.54 Å².